The van der Waals surface area contributed by atoms with E-state index >= 15 is 0 Å². The smallest absolute Gasteiger partial charge is 0.263 e. The van der Waals surface area contributed by atoms with Crippen LogP contribution in [0.3, 0.4) is 0 Å². The van der Waals surface area contributed by atoms with Gasteiger partial charge in [-0.25, -0.2) is 0 Å². The van der Waals surface area contributed by atoms with Crippen molar-refractivity contribution in [2.45, 2.75) is 33.2 Å². The number of anilines is 3. The van der Waals surface area contributed by atoms with E-state index in [2.05, 4.69) is 32.5 Å². The van der Waals surface area contributed by atoms with Gasteiger partial charge in [0.1, 0.15) is 5.56 Å². The molecule has 3 N–H and O–H groups in total. The molecule has 2 heterocycles. The Labute approximate surface area is 152 Å². The monoisotopic (exact) mass is 353 g/mol. The lowest BCUT2D eigenvalue weighted by atomic mass is 9.97. The molecule has 0 radical (unpaired) electrons. The van der Waals surface area contributed by atoms with E-state index in [1.165, 1.54) is 0 Å². The van der Waals surface area contributed by atoms with E-state index < -0.39 is 5.54 Å². The van der Waals surface area contributed by atoms with Crippen LogP contribution in [0.4, 0.5) is 17.5 Å². The molecule has 26 heavy (non-hydrogen) atoms. The number of aromatic nitrogens is 2. The van der Waals surface area contributed by atoms with Crippen molar-refractivity contribution in [2.75, 3.05) is 17.4 Å². The van der Waals surface area contributed by atoms with Crippen LogP contribution in [0.2, 0.25) is 0 Å². The number of amides is 1. The van der Waals surface area contributed by atoms with Gasteiger partial charge in [-0.3, -0.25) is 4.79 Å². The molecule has 1 aromatic carbocycles. The summed E-state index contributed by atoms with van der Waals surface area (Å²) in [5, 5.41) is 9.10. The van der Waals surface area contributed by atoms with Gasteiger partial charge in [-0.05, 0) is 45.4 Å². The molecule has 2 aromatic rings. The van der Waals surface area contributed by atoms with Gasteiger partial charge in [-0.2, -0.15) is 9.97 Å². The standard InChI is InChI=1S/C19H23N5O2/c1-11(2)19(4,5)24-18-22-15(21-13-8-6-7-12(3)9-13)14-16(25)20-10-26-17(14)23-18/h6-9H,1,10H2,2-5H3,(H,20,25)(H2,21,22,23,24). The summed E-state index contributed by atoms with van der Waals surface area (Å²) >= 11 is 0. The third-order valence-corrected chi connectivity index (χ3v) is 4.32. The molecule has 7 heteroatoms. The molecular formula is C19H23N5O2. The molecule has 0 saturated heterocycles. The van der Waals surface area contributed by atoms with Crippen molar-refractivity contribution >= 4 is 23.4 Å². The first-order chi connectivity index (χ1) is 12.3. The second-order valence-corrected chi connectivity index (χ2v) is 6.90. The van der Waals surface area contributed by atoms with Crippen LogP contribution < -0.4 is 20.7 Å². The third kappa shape index (κ3) is 3.61. The summed E-state index contributed by atoms with van der Waals surface area (Å²) < 4.78 is 5.53. The van der Waals surface area contributed by atoms with Crippen LogP contribution in [0.25, 0.3) is 0 Å². The molecule has 0 spiro atoms. The zero-order valence-corrected chi connectivity index (χ0v) is 15.4. The number of hydrogen-bond donors (Lipinski definition) is 3. The quantitative estimate of drug-likeness (QED) is 0.714. The predicted octanol–water partition coefficient (Wildman–Crippen LogP) is 3.37. The normalized spacial score (nSPS) is 13.3. The SMILES string of the molecule is C=C(C)C(C)(C)Nc1nc(Nc2cccc(C)c2)c2c(n1)OCNC2=O. The fourth-order valence-electron chi connectivity index (χ4n) is 2.40. The Morgan fingerprint density at radius 3 is 2.81 bits per heavy atom. The van der Waals surface area contributed by atoms with Crippen LogP contribution in [0, 0.1) is 6.92 Å². The van der Waals surface area contributed by atoms with Gasteiger partial charge >= 0.3 is 0 Å². The van der Waals surface area contributed by atoms with E-state index in [4.69, 9.17) is 4.74 Å². The summed E-state index contributed by atoms with van der Waals surface area (Å²) in [7, 11) is 0. The Bertz CT molecular complexity index is 876. The molecule has 0 saturated carbocycles. The van der Waals surface area contributed by atoms with Crippen LogP contribution in [0.1, 0.15) is 36.7 Å². The van der Waals surface area contributed by atoms with Gasteiger partial charge in [0.15, 0.2) is 12.5 Å². The van der Waals surface area contributed by atoms with E-state index in [1.54, 1.807) is 0 Å². The fraction of sp³-hybridized carbons (Fsp3) is 0.316. The molecule has 0 unspecified atom stereocenters. The van der Waals surface area contributed by atoms with Crippen molar-refractivity contribution in [1.82, 2.24) is 15.3 Å². The second-order valence-electron chi connectivity index (χ2n) is 6.90. The van der Waals surface area contributed by atoms with Crippen molar-refractivity contribution in [3.63, 3.8) is 0 Å². The number of nitrogens with one attached hydrogen (secondary N) is 3. The Kier molecular flexibility index (Phi) is 4.54. The third-order valence-electron chi connectivity index (χ3n) is 4.32. The molecule has 1 amide bonds. The van der Waals surface area contributed by atoms with Crippen LogP contribution in [-0.2, 0) is 0 Å². The number of carbonyl (C=O) groups excluding carboxylic acids is 1. The van der Waals surface area contributed by atoms with Gasteiger partial charge in [-0.15, -0.1) is 0 Å². The Balaban J connectivity index is 2.04. The predicted molar refractivity (Wildman–Crippen MR) is 102 cm³/mol. The number of fused-ring (bicyclic) bond motifs is 1. The average Bonchev–Trinajstić information content (AvgIpc) is 2.54. The zero-order valence-electron chi connectivity index (χ0n) is 15.4. The van der Waals surface area contributed by atoms with Crippen LogP contribution in [0.5, 0.6) is 5.88 Å². The van der Waals surface area contributed by atoms with Crippen LogP contribution >= 0.6 is 0 Å². The average molecular weight is 353 g/mol. The summed E-state index contributed by atoms with van der Waals surface area (Å²) in [5.41, 5.74) is 2.74. The molecular weight excluding hydrogens is 330 g/mol. The van der Waals surface area contributed by atoms with Gasteiger partial charge in [0, 0.05) is 5.69 Å². The van der Waals surface area contributed by atoms with Crippen LogP contribution in [-0.4, -0.2) is 28.1 Å². The molecule has 0 aliphatic carbocycles. The fourth-order valence-corrected chi connectivity index (χ4v) is 2.40. The van der Waals surface area contributed by atoms with Crippen molar-refractivity contribution in [3.05, 3.63) is 47.5 Å². The number of hydrogen-bond acceptors (Lipinski definition) is 6. The Hall–Kier alpha value is -3.09. The number of rotatable bonds is 5. The number of benzene rings is 1. The topological polar surface area (TPSA) is 88.2 Å². The van der Waals surface area contributed by atoms with Gasteiger partial charge in [0.05, 0.1) is 5.54 Å². The van der Waals surface area contributed by atoms with Crippen molar-refractivity contribution in [3.8, 4) is 5.88 Å². The van der Waals surface area contributed by atoms with Gasteiger partial charge in [0.25, 0.3) is 5.91 Å². The first-order valence-electron chi connectivity index (χ1n) is 8.37. The molecule has 1 aliphatic rings. The van der Waals surface area contributed by atoms with E-state index in [0.717, 1.165) is 16.8 Å². The highest BCUT2D eigenvalue weighted by Crippen LogP contribution is 2.31. The van der Waals surface area contributed by atoms with Crippen molar-refractivity contribution < 1.29 is 9.53 Å². The molecule has 136 valence electrons. The highest BCUT2D eigenvalue weighted by molar-refractivity contribution is 6.02. The van der Waals surface area contributed by atoms with Crippen molar-refractivity contribution in [2.24, 2.45) is 0 Å². The maximum absolute atomic E-state index is 12.3. The Morgan fingerprint density at radius 1 is 1.35 bits per heavy atom. The van der Waals surface area contributed by atoms with Crippen LogP contribution in [0.15, 0.2) is 36.4 Å². The largest absolute Gasteiger partial charge is 0.456 e. The molecule has 0 atom stereocenters. The number of nitrogens with zero attached hydrogens (tertiary/aromatic N) is 2. The number of aryl methyl sites for hydroxylation is 1. The second kappa shape index (κ2) is 6.67. The molecule has 7 nitrogen and oxygen atoms in total. The Morgan fingerprint density at radius 2 is 2.12 bits per heavy atom. The molecule has 1 aromatic heterocycles. The maximum atomic E-state index is 12.3. The highest BCUT2D eigenvalue weighted by Gasteiger charge is 2.28. The summed E-state index contributed by atoms with van der Waals surface area (Å²) in [4.78, 5) is 21.2. The van der Waals surface area contributed by atoms with E-state index in [0.29, 0.717) is 11.8 Å². The first kappa shape index (κ1) is 17.7. The minimum atomic E-state index is -0.411. The van der Waals surface area contributed by atoms with E-state index in [9.17, 15) is 4.79 Å². The van der Waals surface area contributed by atoms with Crippen molar-refractivity contribution in [1.29, 1.82) is 0 Å². The lowest BCUT2D eigenvalue weighted by Crippen LogP contribution is -2.36. The molecule has 0 fully saturated rings. The highest BCUT2D eigenvalue weighted by atomic mass is 16.5. The van der Waals surface area contributed by atoms with E-state index in [-0.39, 0.29) is 24.1 Å². The summed E-state index contributed by atoms with van der Waals surface area (Å²) in [6.45, 7) is 12.0. The minimum Gasteiger partial charge on any atom is -0.456 e. The first-order valence-corrected chi connectivity index (χ1v) is 8.37. The maximum Gasteiger partial charge on any atom is 0.263 e. The van der Waals surface area contributed by atoms with E-state index in [1.807, 2.05) is 52.0 Å². The number of carbonyl (C=O) groups is 1. The molecule has 0 bridgehead atoms. The minimum absolute atomic E-state index is 0.0794. The summed E-state index contributed by atoms with van der Waals surface area (Å²) in [6.07, 6.45) is 0. The summed E-state index contributed by atoms with van der Waals surface area (Å²) in [5.74, 6) is 0.727. The summed E-state index contributed by atoms with van der Waals surface area (Å²) in [6, 6.07) is 7.82. The van der Waals surface area contributed by atoms with Gasteiger partial charge in [-0.1, -0.05) is 24.3 Å². The molecule has 3 rings (SSSR count). The van der Waals surface area contributed by atoms with Gasteiger partial charge < -0.3 is 20.7 Å². The zero-order chi connectivity index (χ0) is 18.9. The lowest BCUT2D eigenvalue weighted by molar-refractivity contribution is 0.0879. The number of ether oxygens (including phenoxy) is 1. The van der Waals surface area contributed by atoms with Gasteiger partial charge in [0.2, 0.25) is 11.8 Å². The lowest BCUT2D eigenvalue weighted by Gasteiger charge is -2.28. The molecule has 1 aliphatic heterocycles.